The highest BCUT2D eigenvalue weighted by atomic mass is 79.9. The Morgan fingerprint density at radius 2 is 1.63 bits per heavy atom. The predicted octanol–water partition coefficient (Wildman–Crippen LogP) is 5.81. The molecule has 0 unspecified atom stereocenters. The van der Waals surface area contributed by atoms with E-state index in [0.29, 0.717) is 13.2 Å². The van der Waals surface area contributed by atoms with Crippen molar-refractivity contribution in [1.82, 2.24) is 5.32 Å². The molecule has 0 aliphatic rings. The largest absolute Gasteiger partial charge is 0.489 e. The molecule has 0 heterocycles. The molecular weight excluding hydrogens is 405 g/mol. The lowest BCUT2D eigenvalue weighted by molar-refractivity contribution is 0.302. The third-order valence-corrected chi connectivity index (χ3v) is 4.85. The first-order chi connectivity index (χ1) is 13.1. The van der Waals surface area contributed by atoms with Gasteiger partial charge in [0.25, 0.3) is 0 Å². The highest BCUT2D eigenvalue weighted by molar-refractivity contribution is 9.10. The van der Waals surface area contributed by atoms with Crippen LogP contribution >= 0.6 is 15.9 Å². The second-order valence-electron chi connectivity index (χ2n) is 6.58. The molecule has 0 amide bonds. The Morgan fingerprint density at radius 1 is 0.926 bits per heavy atom. The lowest BCUT2D eigenvalue weighted by atomic mass is 10.1. The Kier molecular flexibility index (Phi) is 7.02. The molecule has 2 nitrogen and oxygen atoms in total. The minimum absolute atomic E-state index is 0.198. The van der Waals surface area contributed by atoms with E-state index in [2.05, 4.69) is 58.5 Å². The van der Waals surface area contributed by atoms with Crippen molar-refractivity contribution >= 4 is 15.9 Å². The number of aryl methyl sites for hydroxylation is 1. The van der Waals surface area contributed by atoms with Crippen molar-refractivity contribution in [3.8, 4) is 5.75 Å². The zero-order valence-corrected chi connectivity index (χ0v) is 16.9. The first kappa shape index (κ1) is 19.6. The van der Waals surface area contributed by atoms with Crippen molar-refractivity contribution in [1.29, 1.82) is 0 Å². The second-order valence-corrected chi connectivity index (χ2v) is 7.50. The smallest absolute Gasteiger partial charge is 0.124 e. The van der Waals surface area contributed by atoms with E-state index in [4.69, 9.17) is 4.74 Å². The number of benzene rings is 3. The molecule has 1 N–H and O–H groups in total. The molecule has 0 radical (unpaired) electrons. The van der Waals surface area contributed by atoms with Gasteiger partial charge in [-0.25, -0.2) is 4.39 Å². The van der Waals surface area contributed by atoms with Crippen molar-refractivity contribution in [2.75, 3.05) is 6.54 Å². The van der Waals surface area contributed by atoms with Gasteiger partial charge in [0, 0.05) is 16.6 Å². The number of halogens is 2. The molecule has 3 aromatic rings. The fraction of sp³-hybridized carbons (Fsp3) is 0.217. The SMILES string of the molecule is Cc1ccc(COc2ccc(Br)cc2CNCCc2ccc(F)cc2)cc1. The van der Waals surface area contributed by atoms with Gasteiger partial charge in [0.1, 0.15) is 18.2 Å². The van der Waals surface area contributed by atoms with E-state index in [1.54, 1.807) is 0 Å². The van der Waals surface area contributed by atoms with Crippen LogP contribution in [0.2, 0.25) is 0 Å². The number of hydrogen-bond acceptors (Lipinski definition) is 2. The zero-order valence-electron chi connectivity index (χ0n) is 15.3. The Labute approximate surface area is 168 Å². The van der Waals surface area contributed by atoms with E-state index >= 15 is 0 Å². The molecule has 0 fully saturated rings. The van der Waals surface area contributed by atoms with Crippen LogP contribution in [-0.4, -0.2) is 6.54 Å². The molecule has 140 valence electrons. The standard InChI is InChI=1S/C23H23BrFNO/c1-17-2-4-19(5-3-17)16-27-23-11-8-21(24)14-20(23)15-26-13-12-18-6-9-22(25)10-7-18/h2-11,14,26H,12-13,15-16H2,1H3. The minimum Gasteiger partial charge on any atom is -0.489 e. The first-order valence-electron chi connectivity index (χ1n) is 9.02. The van der Waals surface area contributed by atoms with Gasteiger partial charge in [0.05, 0.1) is 0 Å². The highest BCUT2D eigenvalue weighted by Crippen LogP contribution is 2.24. The maximum Gasteiger partial charge on any atom is 0.124 e. The van der Waals surface area contributed by atoms with Crippen LogP contribution in [0.4, 0.5) is 4.39 Å². The summed E-state index contributed by atoms with van der Waals surface area (Å²) in [4.78, 5) is 0. The van der Waals surface area contributed by atoms with Crippen molar-refractivity contribution < 1.29 is 9.13 Å². The fourth-order valence-corrected chi connectivity index (χ4v) is 3.19. The molecule has 0 aliphatic carbocycles. The summed E-state index contributed by atoms with van der Waals surface area (Å²) in [5.74, 6) is 0.685. The normalized spacial score (nSPS) is 10.8. The summed E-state index contributed by atoms with van der Waals surface area (Å²) in [5.41, 5.74) is 4.62. The van der Waals surface area contributed by atoms with Gasteiger partial charge in [-0.1, -0.05) is 57.9 Å². The number of hydrogen-bond donors (Lipinski definition) is 1. The van der Waals surface area contributed by atoms with Crippen LogP contribution < -0.4 is 10.1 Å². The summed E-state index contributed by atoms with van der Waals surface area (Å²) >= 11 is 3.53. The van der Waals surface area contributed by atoms with E-state index in [0.717, 1.165) is 39.9 Å². The van der Waals surface area contributed by atoms with Gasteiger partial charge < -0.3 is 10.1 Å². The molecule has 4 heteroatoms. The van der Waals surface area contributed by atoms with Crippen LogP contribution in [0.3, 0.4) is 0 Å². The molecule has 0 bridgehead atoms. The van der Waals surface area contributed by atoms with E-state index in [1.807, 2.05) is 24.3 Å². The summed E-state index contributed by atoms with van der Waals surface area (Å²) in [6, 6.07) is 21.1. The molecule has 27 heavy (non-hydrogen) atoms. The Balaban J connectivity index is 1.55. The van der Waals surface area contributed by atoms with Gasteiger partial charge in [-0.15, -0.1) is 0 Å². The van der Waals surface area contributed by atoms with Crippen molar-refractivity contribution in [2.24, 2.45) is 0 Å². The lowest BCUT2D eigenvalue weighted by Gasteiger charge is -2.13. The molecule has 0 atom stereocenters. The van der Waals surface area contributed by atoms with E-state index in [9.17, 15) is 4.39 Å². The quantitative estimate of drug-likeness (QED) is 0.458. The van der Waals surface area contributed by atoms with Gasteiger partial charge in [0.15, 0.2) is 0 Å². The van der Waals surface area contributed by atoms with Crippen LogP contribution in [0.15, 0.2) is 71.2 Å². The molecule has 3 aromatic carbocycles. The maximum atomic E-state index is 13.0. The van der Waals surface area contributed by atoms with Gasteiger partial charge in [-0.2, -0.15) is 0 Å². The van der Waals surface area contributed by atoms with Crippen molar-refractivity contribution in [2.45, 2.75) is 26.5 Å². The molecule has 0 spiro atoms. The third kappa shape index (κ3) is 6.19. The van der Waals surface area contributed by atoms with Gasteiger partial charge >= 0.3 is 0 Å². The Hall–Kier alpha value is -2.17. The van der Waals surface area contributed by atoms with Crippen LogP contribution in [0.5, 0.6) is 5.75 Å². The molecule has 0 saturated heterocycles. The van der Waals surface area contributed by atoms with Crippen LogP contribution in [-0.2, 0) is 19.6 Å². The second kappa shape index (κ2) is 9.67. The van der Waals surface area contributed by atoms with Crippen LogP contribution in [0.1, 0.15) is 22.3 Å². The average Bonchev–Trinajstić information content (AvgIpc) is 2.67. The molecule has 3 rings (SSSR count). The first-order valence-corrected chi connectivity index (χ1v) is 9.81. The highest BCUT2D eigenvalue weighted by Gasteiger charge is 2.06. The Bertz CT molecular complexity index is 863. The van der Waals surface area contributed by atoms with Crippen molar-refractivity contribution in [3.05, 3.63) is 99.3 Å². The number of rotatable bonds is 8. The average molecular weight is 428 g/mol. The molecule has 0 aliphatic heterocycles. The summed E-state index contributed by atoms with van der Waals surface area (Å²) < 4.78 is 20.0. The zero-order chi connectivity index (χ0) is 19.1. The van der Waals surface area contributed by atoms with Gasteiger partial charge in [0.2, 0.25) is 0 Å². The summed E-state index contributed by atoms with van der Waals surface area (Å²) in [7, 11) is 0. The maximum absolute atomic E-state index is 13.0. The van der Waals surface area contributed by atoms with Crippen molar-refractivity contribution in [3.63, 3.8) is 0 Å². The van der Waals surface area contributed by atoms with Crippen LogP contribution in [0.25, 0.3) is 0 Å². The lowest BCUT2D eigenvalue weighted by Crippen LogP contribution is -2.17. The number of nitrogens with one attached hydrogen (secondary N) is 1. The predicted molar refractivity (Wildman–Crippen MR) is 111 cm³/mol. The summed E-state index contributed by atoms with van der Waals surface area (Å²) in [6.45, 7) is 4.15. The third-order valence-electron chi connectivity index (χ3n) is 4.36. The topological polar surface area (TPSA) is 21.3 Å². The van der Waals surface area contributed by atoms with E-state index < -0.39 is 0 Å². The molecule has 0 saturated carbocycles. The van der Waals surface area contributed by atoms with E-state index in [-0.39, 0.29) is 5.82 Å². The van der Waals surface area contributed by atoms with E-state index in [1.165, 1.54) is 17.7 Å². The van der Waals surface area contributed by atoms with Gasteiger partial charge in [-0.3, -0.25) is 0 Å². The molecule has 0 aromatic heterocycles. The van der Waals surface area contributed by atoms with Crippen LogP contribution in [0, 0.1) is 12.7 Å². The molecular formula is C23H23BrFNO. The summed E-state index contributed by atoms with van der Waals surface area (Å²) in [5, 5.41) is 3.44. The monoisotopic (exact) mass is 427 g/mol. The summed E-state index contributed by atoms with van der Waals surface area (Å²) in [6.07, 6.45) is 0.855. The fourth-order valence-electron chi connectivity index (χ4n) is 2.78. The minimum atomic E-state index is -0.198. The number of ether oxygens (including phenoxy) is 1. The Morgan fingerprint density at radius 3 is 2.37 bits per heavy atom. The van der Waals surface area contributed by atoms with Gasteiger partial charge in [-0.05, 0) is 61.3 Å².